The first-order valence-corrected chi connectivity index (χ1v) is 15.7. The van der Waals surface area contributed by atoms with Crippen molar-refractivity contribution in [3.63, 3.8) is 0 Å². The molecule has 1 aromatic heterocycles. The summed E-state index contributed by atoms with van der Waals surface area (Å²) < 4.78 is 0. The van der Waals surface area contributed by atoms with Crippen molar-refractivity contribution in [1.29, 1.82) is 0 Å². The number of benzene rings is 1. The number of hydrogen-bond donors (Lipinski definition) is 2. The van der Waals surface area contributed by atoms with Gasteiger partial charge in [0, 0.05) is 36.6 Å². The highest BCUT2D eigenvalue weighted by Crippen LogP contribution is 2.44. The van der Waals surface area contributed by atoms with Crippen LogP contribution >= 0.6 is 0 Å². The molecule has 6 rings (SSSR count). The van der Waals surface area contributed by atoms with Crippen LogP contribution in [-0.4, -0.2) is 77.9 Å². The Hall–Kier alpha value is -2.99. The van der Waals surface area contributed by atoms with Gasteiger partial charge in [-0.05, 0) is 101 Å². The fourth-order valence-corrected chi connectivity index (χ4v) is 7.26. The lowest BCUT2D eigenvalue weighted by Crippen LogP contribution is -2.54. The number of rotatable bonds is 4. The van der Waals surface area contributed by atoms with Crippen LogP contribution in [0, 0.1) is 17.3 Å². The summed E-state index contributed by atoms with van der Waals surface area (Å²) >= 11 is 0. The van der Waals surface area contributed by atoms with E-state index in [0.29, 0.717) is 5.41 Å². The maximum absolute atomic E-state index is 10.3. The van der Waals surface area contributed by atoms with Crippen LogP contribution in [0.2, 0.25) is 0 Å². The number of aromatic nitrogens is 1. The Morgan fingerprint density at radius 1 is 0.902 bits per heavy atom. The van der Waals surface area contributed by atoms with Crippen LogP contribution < -0.4 is 10.6 Å². The van der Waals surface area contributed by atoms with E-state index in [1.807, 2.05) is 24.4 Å². The fraction of sp³-hybridized carbons (Fsp3) is 0.606. The zero-order valence-electron chi connectivity index (χ0n) is 24.3. The largest absolute Gasteiger partial charge is 0.508 e. The highest BCUT2D eigenvalue weighted by atomic mass is 16.3. The van der Waals surface area contributed by atoms with E-state index in [9.17, 15) is 5.11 Å². The number of pyridine rings is 1. The highest BCUT2D eigenvalue weighted by Gasteiger charge is 2.41. The predicted octanol–water partition coefficient (Wildman–Crippen LogP) is 4.95. The first-order chi connectivity index (χ1) is 20.1. The van der Waals surface area contributed by atoms with Crippen molar-refractivity contribution in [1.82, 2.24) is 14.8 Å². The van der Waals surface area contributed by atoms with Gasteiger partial charge in [0.15, 0.2) is 0 Å². The van der Waals surface area contributed by atoms with Crippen LogP contribution in [0.4, 0.5) is 5.69 Å². The summed E-state index contributed by atoms with van der Waals surface area (Å²) in [6.45, 7) is 7.45. The number of nitrogens with zero attached hydrogens (tertiary/aromatic N) is 6. The summed E-state index contributed by atoms with van der Waals surface area (Å²) in [6, 6.07) is 11.8. The lowest BCUT2D eigenvalue weighted by atomic mass is 9.70. The minimum absolute atomic E-state index is 0.135. The molecule has 8 heteroatoms. The van der Waals surface area contributed by atoms with Crippen LogP contribution in [0.1, 0.15) is 75.1 Å². The molecule has 2 aromatic rings. The topological polar surface area (TPSA) is 93.6 Å². The molecule has 0 amide bonds. The quantitative estimate of drug-likeness (QED) is 0.519. The second-order valence-corrected chi connectivity index (χ2v) is 12.5. The smallest absolute Gasteiger partial charge is 0.134 e. The van der Waals surface area contributed by atoms with Crippen LogP contribution in [0.3, 0.4) is 0 Å². The molecule has 3 fully saturated rings. The van der Waals surface area contributed by atoms with Crippen molar-refractivity contribution < 1.29 is 5.11 Å². The van der Waals surface area contributed by atoms with Gasteiger partial charge in [0.1, 0.15) is 23.7 Å². The third-order valence-electron chi connectivity index (χ3n) is 9.97. The Balaban J connectivity index is 1.01. The van der Waals surface area contributed by atoms with Crippen molar-refractivity contribution >= 4 is 5.69 Å². The van der Waals surface area contributed by atoms with Crippen molar-refractivity contribution in [3.8, 4) is 17.6 Å². The Kier molecular flexibility index (Phi) is 8.85. The molecule has 4 aliphatic rings. The maximum atomic E-state index is 10.3. The second-order valence-electron chi connectivity index (χ2n) is 12.5. The maximum Gasteiger partial charge on any atom is 0.134 e. The number of nitrogens with two attached hydrogens (primary N) is 1. The summed E-state index contributed by atoms with van der Waals surface area (Å²) in [4.78, 5) is 12.1. The van der Waals surface area contributed by atoms with Gasteiger partial charge in [-0.3, -0.25) is 9.80 Å². The molecule has 1 aromatic carbocycles. The number of phenolic OH excluding ortho intramolecular Hbond substituents is 1. The SMILES string of the molecule is NC1N=NC(c2ccccc2O)CC1N1CCC2(CCN(c3ccnc(C#CCN4CCCCCC4)c3)CC2)CC1. The monoisotopic (exact) mass is 555 g/mol. The lowest BCUT2D eigenvalue weighted by molar-refractivity contribution is 0.0374. The molecule has 3 unspecified atom stereocenters. The number of azo groups is 1. The van der Waals surface area contributed by atoms with Gasteiger partial charge in [-0.15, -0.1) is 0 Å². The Morgan fingerprint density at radius 2 is 1.63 bits per heavy atom. The van der Waals surface area contributed by atoms with Gasteiger partial charge in [0.05, 0.1) is 6.54 Å². The third-order valence-corrected chi connectivity index (χ3v) is 9.97. The molecule has 0 saturated carbocycles. The zero-order valence-corrected chi connectivity index (χ0v) is 24.3. The molecule has 0 radical (unpaired) electrons. The van der Waals surface area contributed by atoms with Crippen molar-refractivity contribution in [3.05, 3.63) is 53.9 Å². The fourth-order valence-electron chi connectivity index (χ4n) is 7.26. The summed E-state index contributed by atoms with van der Waals surface area (Å²) in [5.41, 5.74) is 9.83. The van der Waals surface area contributed by atoms with Crippen LogP contribution in [-0.2, 0) is 0 Å². The Morgan fingerprint density at radius 3 is 2.39 bits per heavy atom. The van der Waals surface area contributed by atoms with E-state index in [-0.39, 0.29) is 24.0 Å². The van der Waals surface area contributed by atoms with Crippen molar-refractivity contribution in [2.75, 3.05) is 50.7 Å². The van der Waals surface area contributed by atoms with Gasteiger partial charge < -0.3 is 15.7 Å². The molecule has 1 spiro atoms. The van der Waals surface area contributed by atoms with E-state index < -0.39 is 0 Å². The van der Waals surface area contributed by atoms with E-state index in [2.05, 4.69) is 53.9 Å². The molecular formula is C33H45N7O. The van der Waals surface area contributed by atoms with Gasteiger partial charge in [-0.1, -0.05) is 37.0 Å². The van der Waals surface area contributed by atoms with Crippen molar-refractivity contribution in [2.45, 2.75) is 76.0 Å². The summed E-state index contributed by atoms with van der Waals surface area (Å²) in [5, 5.41) is 19.2. The normalized spacial score (nSPS) is 27.2. The van der Waals surface area contributed by atoms with Gasteiger partial charge in [-0.2, -0.15) is 10.2 Å². The van der Waals surface area contributed by atoms with Crippen LogP contribution in [0.5, 0.6) is 5.75 Å². The molecule has 218 valence electrons. The number of para-hydroxylation sites is 1. The molecule has 0 bridgehead atoms. The molecule has 3 saturated heterocycles. The van der Waals surface area contributed by atoms with Gasteiger partial charge in [0.25, 0.3) is 0 Å². The van der Waals surface area contributed by atoms with Gasteiger partial charge in [-0.25, -0.2) is 4.98 Å². The minimum atomic E-state index is -0.304. The standard InChI is InChI=1S/C33H45N7O/c34-32-30(25-29(36-37-32)28-9-3-4-10-31(28)41)40-22-14-33(15-23-40)12-20-39(21-13-33)27-11-16-35-26(24-27)8-7-19-38-17-5-1-2-6-18-38/h3-4,9-11,16,24,29-30,32,41H,1-2,5-6,12-15,17-23,25,34H2. The van der Waals surface area contributed by atoms with Gasteiger partial charge >= 0.3 is 0 Å². The number of likely N-dealkylation sites (tertiary alicyclic amines) is 2. The average molecular weight is 556 g/mol. The second kappa shape index (κ2) is 12.9. The lowest BCUT2D eigenvalue weighted by Gasteiger charge is -2.49. The molecule has 8 nitrogen and oxygen atoms in total. The Bertz CT molecular complexity index is 1240. The molecule has 4 aliphatic heterocycles. The van der Waals surface area contributed by atoms with E-state index in [1.165, 1.54) is 70.1 Å². The summed E-state index contributed by atoms with van der Waals surface area (Å²) in [6.07, 6.45) is 12.5. The highest BCUT2D eigenvalue weighted by molar-refractivity contribution is 5.50. The first kappa shape index (κ1) is 28.1. The number of hydrogen-bond acceptors (Lipinski definition) is 8. The van der Waals surface area contributed by atoms with Crippen LogP contribution in [0.15, 0.2) is 52.8 Å². The summed E-state index contributed by atoms with van der Waals surface area (Å²) in [7, 11) is 0. The van der Waals surface area contributed by atoms with E-state index in [4.69, 9.17) is 5.73 Å². The Labute approximate surface area is 245 Å². The number of piperidine rings is 2. The number of anilines is 1. The minimum Gasteiger partial charge on any atom is -0.508 e. The van der Waals surface area contributed by atoms with Crippen molar-refractivity contribution in [2.24, 2.45) is 21.4 Å². The first-order valence-electron chi connectivity index (χ1n) is 15.7. The molecule has 41 heavy (non-hydrogen) atoms. The van der Waals surface area contributed by atoms with E-state index in [1.54, 1.807) is 6.07 Å². The average Bonchev–Trinajstić information content (AvgIpc) is 3.28. The zero-order chi connectivity index (χ0) is 28.1. The number of aromatic hydroxyl groups is 1. The molecule has 3 atom stereocenters. The predicted molar refractivity (Wildman–Crippen MR) is 163 cm³/mol. The third kappa shape index (κ3) is 6.74. The number of phenols is 1. The van der Waals surface area contributed by atoms with E-state index >= 15 is 0 Å². The summed E-state index contributed by atoms with van der Waals surface area (Å²) in [5.74, 6) is 7.00. The molecule has 5 heterocycles. The molecular weight excluding hydrogens is 510 g/mol. The molecule has 0 aliphatic carbocycles. The van der Waals surface area contributed by atoms with Gasteiger partial charge in [0.2, 0.25) is 0 Å². The molecule has 3 N–H and O–H groups in total. The van der Waals surface area contributed by atoms with Crippen LogP contribution in [0.25, 0.3) is 0 Å². The van der Waals surface area contributed by atoms with E-state index in [0.717, 1.165) is 50.4 Å².